The third kappa shape index (κ3) is 5.20. The monoisotopic (exact) mass is 414 g/mol. The van der Waals surface area contributed by atoms with Crippen LogP contribution in [-0.2, 0) is 10.0 Å². The van der Waals surface area contributed by atoms with E-state index in [9.17, 15) is 13.2 Å². The molecule has 2 rings (SSSR count). The van der Waals surface area contributed by atoms with Gasteiger partial charge in [-0.25, -0.2) is 13.1 Å². The molecule has 1 amide bonds. The normalized spacial score (nSPS) is 12.8. The van der Waals surface area contributed by atoms with Crippen LogP contribution in [0, 0.1) is 0 Å². The van der Waals surface area contributed by atoms with Crippen molar-refractivity contribution in [1.82, 2.24) is 10.0 Å². The zero-order valence-corrected chi connectivity index (χ0v) is 16.9. The topological polar surface area (TPSA) is 75.3 Å². The van der Waals surface area contributed by atoms with E-state index in [1.807, 2.05) is 0 Å². The Hall–Kier alpha value is -1.60. The Kier molecular flexibility index (Phi) is 6.69. The van der Waals surface area contributed by atoms with Crippen LogP contribution >= 0.6 is 23.2 Å². The second-order valence-corrected chi connectivity index (χ2v) is 8.72. The number of carbonyl (C=O) groups is 1. The number of rotatable bonds is 6. The largest absolute Gasteiger partial charge is 0.345 e. The van der Waals surface area contributed by atoms with Crippen molar-refractivity contribution in [3.05, 3.63) is 63.6 Å². The molecule has 0 saturated heterocycles. The Labute approximate surface area is 163 Å². The first-order chi connectivity index (χ1) is 12.1. The van der Waals surface area contributed by atoms with Crippen LogP contribution < -0.4 is 10.0 Å². The van der Waals surface area contributed by atoms with Gasteiger partial charge in [0.2, 0.25) is 10.0 Å². The highest BCUT2D eigenvalue weighted by Crippen LogP contribution is 2.26. The van der Waals surface area contributed by atoms with Crippen molar-refractivity contribution in [2.24, 2.45) is 0 Å². The molecule has 8 heteroatoms. The molecule has 0 heterocycles. The second kappa shape index (κ2) is 8.39. The van der Waals surface area contributed by atoms with Crippen molar-refractivity contribution < 1.29 is 13.2 Å². The van der Waals surface area contributed by atoms with Crippen molar-refractivity contribution in [2.45, 2.75) is 37.8 Å². The highest BCUT2D eigenvalue weighted by molar-refractivity contribution is 7.89. The van der Waals surface area contributed by atoms with E-state index in [1.165, 1.54) is 18.2 Å². The first-order valence-corrected chi connectivity index (χ1v) is 10.2. The average Bonchev–Trinajstić information content (AvgIpc) is 2.53. The van der Waals surface area contributed by atoms with Crippen molar-refractivity contribution in [3.63, 3.8) is 0 Å². The van der Waals surface area contributed by atoms with E-state index in [1.54, 1.807) is 45.0 Å². The summed E-state index contributed by atoms with van der Waals surface area (Å²) in [6, 6.07) is 10.3. The van der Waals surface area contributed by atoms with Gasteiger partial charge in [-0.1, -0.05) is 35.3 Å². The van der Waals surface area contributed by atoms with Gasteiger partial charge in [-0.05, 0) is 56.7 Å². The van der Waals surface area contributed by atoms with Crippen LogP contribution in [0.5, 0.6) is 0 Å². The summed E-state index contributed by atoms with van der Waals surface area (Å²) in [6.45, 7) is 5.24. The highest BCUT2D eigenvalue weighted by atomic mass is 35.5. The minimum atomic E-state index is -3.67. The van der Waals surface area contributed by atoms with Gasteiger partial charge in [0.05, 0.1) is 10.9 Å². The van der Waals surface area contributed by atoms with Crippen LogP contribution in [0.15, 0.2) is 47.4 Å². The van der Waals surface area contributed by atoms with Crippen LogP contribution in [0.4, 0.5) is 0 Å². The Morgan fingerprint density at radius 3 is 2.35 bits per heavy atom. The van der Waals surface area contributed by atoms with Gasteiger partial charge in [0.1, 0.15) is 0 Å². The Morgan fingerprint density at radius 1 is 1.04 bits per heavy atom. The fraction of sp³-hybridized carbons (Fsp3) is 0.278. The smallest absolute Gasteiger partial charge is 0.251 e. The number of carbonyl (C=O) groups excluding carboxylic acids is 1. The summed E-state index contributed by atoms with van der Waals surface area (Å²) in [7, 11) is -3.67. The molecule has 140 valence electrons. The molecule has 2 N–H and O–H groups in total. The molecular formula is C18H20Cl2N2O3S. The minimum absolute atomic E-state index is 0.0380. The molecule has 0 saturated carbocycles. The van der Waals surface area contributed by atoms with Gasteiger partial charge in [0.15, 0.2) is 0 Å². The number of hydrogen-bond acceptors (Lipinski definition) is 3. The van der Waals surface area contributed by atoms with Crippen LogP contribution in [0.25, 0.3) is 0 Å². The van der Waals surface area contributed by atoms with E-state index in [0.29, 0.717) is 10.0 Å². The fourth-order valence-corrected chi connectivity index (χ4v) is 4.26. The summed E-state index contributed by atoms with van der Waals surface area (Å²) in [5.41, 5.74) is 0.961. The molecule has 0 aliphatic heterocycles. The summed E-state index contributed by atoms with van der Waals surface area (Å²) >= 11 is 12.0. The molecule has 1 unspecified atom stereocenters. The molecule has 2 aromatic rings. The van der Waals surface area contributed by atoms with Gasteiger partial charge in [0, 0.05) is 21.7 Å². The van der Waals surface area contributed by atoms with Crippen LogP contribution in [0.1, 0.15) is 42.7 Å². The minimum Gasteiger partial charge on any atom is -0.345 e. The number of hydrogen-bond donors (Lipinski definition) is 2. The summed E-state index contributed by atoms with van der Waals surface area (Å²) in [4.78, 5) is 12.6. The maximum absolute atomic E-state index is 12.5. The van der Waals surface area contributed by atoms with E-state index in [2.05, 4.69) is 10.0 Å². The molecule has 0 bridgehead atoms. The standard InChI is InChI=1S/C18H20Cl2N2O3S/c1-11(2)22-26(24,25)15-6-4-5-13(9-15)18(23)21-12(3)16-8-7-14(19)10-17(16)20/h4-12,22H,1-3H3,(H,21,23). The lowest BCUT2D eigenvalue weighted by molar-refractivity contribution is 0.0939. The van der Waals surface area contributed by atoms with E-state index < -0.39 is 15.9 Å². The Bertz CT molecular complexity index is 914. The SMILES string of the molecule is CC(C)NS(=O)(=O)c1cccc(C(=O)NC(C)c2ccc(Cl)cc2Cl)c1. The quantitative estimate of drug-likeness (QED) is 0.744. The molecule has 0 spiro atoms. The predicted molar refractivity (Wildman–Crippen MR) is 104 cm³/mol. The molecule has 0 aliphatic rings. The van der Waals surface area contributed by atoms with Crippen LogP contribution in [-0.4, -0.2) is 20.4 Å². The average molecular weight is 415 g/mol. The predicted octanol–water partition coefficient (Wildman–Crippen LogP) is 4.17. The Balaban J connectivity index is 2.21. The molecule has 0 radical (unpaired) electrons. The maximum atomic E-state index is 12.5. The third-order valence-electron chi connectivity index (χ3n) is 3.57. The molecule has 0 fully saturated rings. The van der Waals surface area contributed by atoms with Gasteiger partial charge < -0.3 is 5.32 Å². The highest BCUT2D eigenvalue weighted by Gasteiger charge is 2.19. The number of amides is 1. The fourth-order valence-electron chi connectivity index (χ4n) is 2.39. The number of benzene rings is 2. The zero-order chi connectivity index (χ0) is 19.5. The first-order valence-electron chi connectivity index (χ1n) is 7.98. The lowest BCUT2D eigenvalue weighted by Crippen LogP contribution is -2.31. The second-order valence-electron chi connectivity index (χ2n) is 6.16. The van der Waals surface area contributed by atoms with E-state index >= 15 is 0 Å². The maximum Gasteiger partial charge on any atom is 0.251 e. The van der Waals surface area contributed by atoms with E-state index in [0.717, 1.165) is 5.56 Å². The Morgan fingerprint density at radius 2 is 1.73 bits per heavy atom. The zero-order valence-electron chi connectivity index (χ0n) is 14.6. The summed E-state index contributed by atoms with van der Waals surface area (Å²) < 4.78 is 27.0. The third-order valence-corrected chi connectivity index (χ3v) is 5.79. The molecule has 1 atom stereocenters. The van der Waals surface area contributed by atoms with Gasteiger partial charge >= 0.3 is 0 Å². The van der Waals surface area contributed by atoms with Gasteiger partial charge in [0.25, 0.3) is 5.91 Å². The molecule has 2 aromatic carbocycles. The molecule has 0 aliphatic carbocycles. The molecular weight excluding hydrogens is 395 g/mol. The molecule has 26 heavy (non-hydrogen) atoms. The lowest BCUT2D eigenvalue weighted by atomic mass is 10.1. The number of sulfonamides is 1. The van der Waals surface area contributed by atoms with Crippen molar-refractivity contribution in [3.8, 4) is 0 Å². The summed E-state index contributed by atoms with van der Waals surface area (Å²) in [5, 5.41) is 3.76. The lowest BCUT2D eigenvalue weighted by Gasteiger charge is -2.16. The van der Waals surface area contributed by atoms with Gasteiger partial charge in [-0.15, -0.1) is 0 Å². The van der Waals surface area contributed by atoms with Crippen molar-refractivity contribution in [1.29, 1.82) is 0 Å². The van der Waals surface area contributed by atoms with E-state index in [4.69, 9.17) is 23.2 Å². The van der Waals surface area contributed by atoms with Crippen LogP contribution in [0.3, 0.4) is 0 Å². The first kappa shape index (κ1) is 20.7. The van der Waals surface area contributed by atoms with Crippen molar-refractivity contribution in [2.75, 3.05) is 0 Å². The van der Waals surface area contributed by atoms with Gasteiger partial charge in [-0.3, -0.25) is 4.79 Å². The number of nitrogens with one attached hydrogen (secondary N) is 2. The summed E-state index contributed by atoms with van der Waals surface area (Å²) in [6.07, 6.45) is 0. The summed E-state index contributed by atoms with van der Waals surface area (Å²) in [5.74, 6) is -0.398. The van der Waals surface area contributed by atoms with Crippen LogP contribution in [0.2, 0.25) is 10.0 Å². The van der Waals surface area contributed by atoms with Crippen molar-refractivity contribution >= 4 is 39.1 Å². The van der Waals surface area contributed by atoms with Gasteiger partial charge in [-0.2, -0.15) is 0 Å². The molecule has 0 aromatic heterocycles. The molecule has 5 nitrogen and oxygen atoms in total. The number of halogens is 2. The van der Waals surface area contributed by atoms with E-state index in [-0.39, 0.29) is 22.5 Å².